The van der Waals surface area contributed by atoms with Crippen LogP contribution in [-0.4, -0.2) is 40.0 Å². The molecule has 7 heteroatoms. The van der Waals surface area contributed by atoms with Gasteiger partial charge in [-0.2, -0.15) is 0 Å². The molecule has 3 aromatic rings. The van der Waals surface area contributed by atoms with E-state index in [1.807, 2.05) is 28.8 Å². The SMILES string of the molecule is CCN(CC)CCn1c(NC(=O)c2cccc(Cl)c2Cl)nc2ccccc21. The summed E-state index contributed by atoms with van der Waals surface area (Å²) in [4.78, 5) is 19.7. The van der Waals surface area contributed by atoms with E-state index in [-0.39, 0.29) is 10.9 Å². The minimum atomic E-state index is -0.332. The van der Waals surface area contributed by atoms with Crippen LogP contribution in [0.1, 0.15) is 24.2 Å². The number of aromatic nitrogens is 2. The summed E-state index contributed by atoms with van der Waals surface area (Å²) < 4.78 is 2.03. The smallest absolute Gasteiger partial charge is 0.259 e. The molecule has 1 aromatic heterocycles. The van der Waals surface area contributed by atoms with E-state index in [0.29, 0.717) is 16.5 Å². The quantitative estimate of drug-likeness (QED) is 0.606. The van der Waals surface area contributed by atoms with Gasteiger partial charge in [0.05, 0.1) is 26.6 Å². The third kappa shape index (κ3) is 4.26. The van der Waals surface area contributed by atoms with Crippen molar-refractivity contribution in [2.24, 2.45) is 0 Å². The first-order chi connectivity index (χ1) is 13.0. The van der Waals surface area contributed by atoms with E-state index in [1.165, 1.54) is 0 Å². The molecule has 3 rings (SSSR count). The van der Waals surface area contributed by atoms with Crippen LogP contribution in [-0.2, 0) is 6.54 Å². The summed E-state index contributed by atoms with van der Waals surface area (Å²) in [6.07, 6.45) is 0. The lowest BCUT2D eigenvalue weighted by Gasteiger charge is -2.19. The van der Waals surface area contributed by atoms with Crippen LogP contribution in [0.3, 0.4) is 0 Å². The molecule has 27 heavy (non-hydrogen) atoms. The number of rotatable bonds is 7. The molecule has 2 aromatic carbocycles. The van der Waals surface area contributed by atoms with Gasteiger partial charge in [0.2, 0.25) is 5.95 Å². The second-order valence-electron chi connectivity index (χ2n) is 6.16. The van der Waals surface area contributed by atoms with Gasteiger partial charge in [-0.15, -0.1) is 0 Å². The number of nitrogens with one attached hydrogen (secondary N) is 1. The van der Waals surface area contributed by atoms with Crippen LogP contribution < -0.4 is 5.32 Å². The number of imidazole rings is 1. The van der Waals surface area contributed by atoms with Crippen molar-refractivity contribution < 1.29 is 4.79 Å². The van der Waals surface area contributed by atoms with Gasteiger partial charge in [-0.1, -0.05) is 55.2 Å². The molecule has 0 atom stereocenters. The molecule has 0 saturated heterocycles. The summed E-state index contributed by atoms with van der Waals surface area (Å²) >= 11 is 12.2. The number of para-hydroxylation sites is 2. The predicted molar refractivity (Wildman–Crippen MR) is 112 cm³/mol. The summed E-state index contributed by atoms with van der Waals surface area (Å²) in [5.41, 5.74) is 2.15. The first kappa shape index (κ1) is 19.7. The number of hydrogen-bond donors (Lipinski definition) is 1. The van der Waals surface area contributed by atoms with Gasteiger partial charge in [0.25, 0.3) is 5.91 Å². The fraction of sp³-hybridized carbons (Fsp3) is 0.300. The molecule has 5 nitrogen and oxygen atoms in total. The van der Waals surface area contributed by atoms with E-state index in [0.717, 1.165) is 37.2 Å². The maximum Gasteiger partial charge on any atom is 0.259 e. The monoisotopic (exact) mass is 404 g/mol. The Hall–Kier alpha value is -2.08. The molecule has 0 unspecified atom stereocenters. The van der Waals surface area contributed by atoms with Gasteiger partial charge >= 0.3 is 0 Å². The van der Waals surface area contributed by atoms with Crippen molar-refractivity contribution in [3.05, 3.63) is 58.1 Å². The number of likely N-dealkylation sites (N-methyl/N-ethyl adjacent to an activating group) is 1. The van der Waals surface area contributed by atoms with E-state index >= 15 is 0 Å². The Labute approximate surface area is 168 Å². The van der Waals surface area contributed by atoms with Crippen LogP contribution in [0.15, 0.2) is 42.5 Å². The Morgan fingerprint density at radius 2 is 1.85 bits per heavy atom. The molecule has 0 aliphatic rings. The Bertz CT molecular complexity index is 950. The number of fused-ring (bicyclic) bond motifs is 1. The van der Waals surface area contributed by atoms with E-state index in [1.54, 1.807) is 18.2 Å². The standard InChI is InChI=1S/C20H22Cl2N4O/c1-3-25(4-2)12-13-26-17-11-6-5-10-16(17)23-20(26)24-19(27)14-8-7-9-15(21)18(14)22/h5-11H,3-4,12-13H2,1-2H3,(H,23,24,27). The fourth-order valence-corrected chi connectivity index (χ4v) is 3.41. The third-order valence-electron chi connectivity index (χ3n) is 4.61. The van der Waals surface area contributed by atoms with Crippen molar-refractivity contribution in [1.82, 2.24) is 14.5 Å². The first-order valence-electron chi connectivity index (χ1n) is 8.98. The van der Waals surface area contributed by atoms with Gasteiger partial charge in [-0.3, -0.25) is 10.1 Å². The van der Waals surface area contributed by atoms with E-state index in [4.69, 9.17) is 23.2 Å². The Morgan fingerprint density at radius 1 is 1.11 bits per heavy atom. The zero-order valence-electron chi connectivity index (χ0n) is 15.4. The first-order valence-corrected chi connectivity index (χ1v) is 9.73. The number of nitrogens with zero attached hydrogens (tertiary/aromatic N) is 3. The molecule has 0 spiro atoms. The van der Waals surface area contributed by atoms with Gasteiger partial charge in [-0.05, 0) is 37.4 Å². The maximum atomic E-state index is 12.7. The van der Waals surface area contributed by atoms with Crippen LogP contribution in [0.5, 0.6) is 0 Å². The maximum absolute atomic E-state index is 12.7. The summed E-state index contributed by atoms with van der Waals surface area (Å²) in [5.74, 6) is 0.172. The summed E-state index contributed by atoms with van der Waals surface area (Å²) in [6.45, 7) is 7.82. The van der Waals surface area contributed by atoms with Gasteiger partial charge in [0, 0.05) is 13.1 Å². The molecule has 0 fully saturated rings. The third-order valence-corrected chi connectivity index (χ3v) is 5.43. The Balaban J connectivity index is 1.92. The van der Waals surface area contributed by atoms with Crippen LogP contribution >= 0.6 is 23.2 Å². The van der Waals surface area contributed by atoms with Crippen LogP contribution in [0, 0.1) is 0 Å². The topological polar surface area (TPSA) is 50.2 Å². The highest BCUT2D eigenvalue weighted by atomic mass is 35.5. The number of carbonyl (C=O) groups is 1. The number of halogens is 2. The second kappa shape index (κ2) is 8.74. The van der Waals surface area contributed by atoms with Crippen molar-refractivity contribution in [2.75, 3.05) is 25.0 Å². The number of hydrogen-bond acceptors (Lipinski definition) is 3. The summed E-state index contributed by atoms with van der Waals surface area (Å²) in [7, 11) is 0. The molecule has 0 saturated carbocycles. The summed E-state index contributed by atoms with van der Waals surface area (Å²) in [6, 6.07) is 12.8. The van der Waals surface area contributed by atoms with E-state index in [9.17, 15) is 4.79 Å². The van der Waals surface area contributed by atoms with Gasteiger partial charge in [0.1, 0.15) is 0 Å². The van der Waals surface area contributed by atoms with Crippen molar-refractivity contribution in [3.63, 3.8) is 0 Å². The average molecular weight is 405 g/mol. The molecule has 0 aliphatic carbocycles. The van der Waals surface area contributed by atoms with Crippen molar-refractivity contribution >= 4 is 46.1 Å². The minimum Gasteiger partial charge on any atom is -0.309 e. The molecule has 0 aliphatic heterocycles. The molecule has 0 radical (unpaired) electrons. The Morgan fingerprint density at radius 3 is 2.59 bits per heavy atom. The molecular weight excluding hydrogens is 383 g/mol. The van der Waals surface area contributed by atoms with Gasteiger partial charge < -0.3 is 9.47 Å². The highest BCUT2D eigenvalue weighted by Gasteiger charge is 2.17. The average Bonchev–Trinajstić information content (AvgIpc) is 3.02. The lowest BCUT2D eigenvalue weighted by atomic mass is 10.2. The minimum absolute atomic E-state index is 0.238. The number of benzene rings is 2. The second-order valence-corrected chi connectivity index (χ2v) is 6.94. The van der Waals surface area contributed by atoms with Crippen molar-refractivity contribution in [1.29, 1.82) is 0 Å². The lowest BCUT2D eigenvalue weighted by molar-refractivity contribution is 0.102. The van der Waals surface area contributed by atoms with Gasteiger partial charge in [-0.25, -0.2) is 4.98 Å². The van der Waals surface area contributed by atoms with E-state index < -0.39 is 0 Å². The molecule has 1 amide bonds. The number of carbonyl (C=O) groups excluding carboxylic acids is 1. The molecule has 142 valence electrons. The summed E-state index contributed by atoms with van der Waals surface area (Å²) in [5, 5.41) is 3.48. The zero-order valence-corrected chi connectivity index (χ0v) is 16.9. The van der Waals surface area contributed by atoms with Crippen LogP contribution in [0.4, 0.5) is 5.95 Å². The molecule has 0 bridgehead atoms. The molecular formula is C20H22Cl2N4O. The fourth-order valence-electron chi connectivity index (χ4n) is 3.03. The van der Waals surface area contributed by atoms with Crippen LogP contribution in [0.2, 0.25) is 10.0 Å². The van der Waals surface area contributed by atoms with Crippen molar-refractivity contribution in [3.8, 4) is 0 Å². The molecule has 1 heterocycles. The zero-order chi connectivity index (χ0) is 19.4. The normalized spacial score (nSPS) is 11.3. The largest absolute Gasteiger partial charge is 0.309 e. The number of amides is 1. The van der Waals surface area contributed by atoms with Crippen LogP contribution in [0.25, 0.3) is 11.0 Å². The van der Waals surface area contributed by atoms with E-state index in [2.05, 4.69) is 29.0 Å². The molecule has 1 N–H and O–H groups in total. The van der Waals surface area contributed by atoms with Gasteiger partial charge in [0.15, 0.2) is 0 Å². The highest BCUT2D eigenvalue weighted by Crippen LogP contribution is 2.27. The Kier molecular flexibility index (Phi) is 6.37. The highest BCUT2D eigenvalue weighted by molar-refractivity contribution is 6.44. The predicted octanol–water partition coefficient (Wildman–Crippen LogP) is 4.94. The lowest BCUT2D eigenvalue weighted by Crippen LogP contribution is -2.27. The van der Waals surface area contributed by atoms with Crippen molar-refractivity contribution in [2.45, 2.75) is 20.4 Å². The number of anilines is 1.